The Bertz CT molecular complexity index is 417. The van der Waals surface area contributed by atoms with E-state index in [0.29, 0.717) is 6.42 Å². The van der Waals surface area contributed by atoms with Crippen molar-refractivity contribution in [2.75, 3.05) is 0 Å². The number of carbonyl (C=O) groups excluding carboxylic acids is 1. The molecule has 0 aliphatic rings. The van der Waals surface area contributed by atoms with Crippen molar-refractivity contribution in [2.24, 2.45) is 0 Å². The van der Waals surface area contributed by atoms with Gasteiger partial charge in [0, 0.05) is 12.8 Å². The largest absolute Gasteiger partial charge is 0.481 e. The van der Waals surface area contributed by atoms with E-state index < -0.39 is 5.97 Å². The highest BCUT2D eigenvalue weighted by Crippen LogP contribution is 2.14. The first-order valence-corrected chi connectivity index (χ1v) is 12.2. The molecule has 0 rings (SSSR count). The van der Waals surface area contributed by atoms with Gasteiger partial charge < -0.3 is 9.84 Å². The maximum atomic E-state index is 12.0. The number of hydrogen-bond acceptors (Lipinski definition) is 3. The molecule has 170 valence electrons. The Morgan fingerprint density at radius 2 is 1.34 bits per heavy atom. The number of ether oxygens (including phenoxy) is 1. The van der Waals surface area contributed by atoms with E-state index in [2.05, 4.69) is 26.0 Å². The molecule has 1 unspecified atom stereocenters. The van der Waals surface area contributed by atoms with Gasteiger partial charge >= 0.3 is 11.9 Å². The fraction of sp³-hybridized carbons (Fsp3) is 0.840. The van der Waals surface area contributed by atoms with E-state index in [1.807, 2.05) is 0 Å². The molecule has 1 atom stereocenters. The van der Waals surface area contributed by atoms with Gasteiger partial charge in [0.15, 0.2) is 0 Å². The number of esters is 1. The molecule has 0 spiro atoms. The number of carboxylic acids is 1. The molecule has 0 aromatic rings. The van der Waals surface area contributed by atoms with Crippen molar-refractivity contribution in [1.82, 2.24) is 0 Å². The predicted octanol–water partition coefficient (Wildman–Crippen LogP) is 7.60. The Kier molecular flexibility index (Phi) is 20.4. The summed E-state index contributed by atoms with van der Waals surface area (Å²) in [6.07, 6.45) is 22.8. The molecule has 0 aromatic heterocycles. The third kappa shape index (κ3) is 21.2. The third-order valence-corrected chi connectivity index (χ3v) is 5.22. The summed E-state index contributed by atoms with van der Waals surface area (Å²) in [5.41, 5.74) is 0. The lowest BCUT2D eigenvalue weighted by atomic mass is 10.0. The molecular weight excluding hydrogens is 364 g/mol. The van der Waals surface area contributed by atoms with Crippen LogP contribution < -0.4 is 0 Å². The summed E-state index contributed by atoms with van der Waals surface area (Å²) >= 11 is 0. The highest BCUT2D eigenvalue weighted by molar-refractivity contribution is 5.69. The van der Waals surface area contributed by atoms with Crippen LogP contribution in [-0.2, 0) is 14.3 Å². The van der Waals surface area contributed by atoms with E-state index in [1.54, 1.807) is 0 Å². The standard InChI is InChI=1S/C25H46O4/c1-3-5-7-8-9-10-13-16-19-23(29-25(28)22-6-4-2)20-17-14-11-12-15-18-21-24(26)27/h16,19,23H,3-15,17-18,20-22H2,1-2H3,(H,26,27)/b19-16-. The van der Waals surface area contributed by atoms with Gasteiger partial charge in [-0.25, -0.2) is 0 Å². The van der Waals surface area contributed by atoms with Crippen LogP contribution in [0.15, 0.2) is 12.2 Å². The van der Waals surface area contributed by atoms with Gasteiger partial charge in [0.1, 0.15) is 6.10 Å². The van der Waals surface area contributed by atoms with E-state index in [1.165, 1.54) is 38.5 Å². The Morgan fingerprint density at radius 3 is 2.00 bits per heavy atom. The van der Waals surface area contributed by atoms with Crippen molar-refractivity contribution in [3.05, 3.63) is 12.2 Å². The highest BCUT2D eigenvalue weighted by Gasteiger charge is 2.11. The number of carboxylic acid groups (broad SMARTS) is 1. The summed E-state index contributed by atoms with van der Waals surface area (Å²) in [6.45, 7) is 4.33. The average Bonchev–Trinajstić information content (AvgIpc) is 2.69. The second-order valence-electron chi connectivity index (χ2n) is 8.17. The van der Waals surface area contributed by atoms with Crippen molar-refractivity contribution in [3.63, 3.8) is 0 Å². The Labute approximate surface area is 179 Å². The summed E-state index contributed by atoms with van der Waals surface area (Å²) in [4.78, 5) is 22.5. The summed E-state index contributed by atoms with van der Waals surface area (Å²) < 4.78 is 5.69. The number of rotatable bonds is 21. The number of hydrogen-bond donors (Lipinski definition) is 1. The molecule has 0 aromatic carbocycles. The fourth-order valence-corrected chi connectivity index (χ4v) is 3.36. The highest BCUT2D eigenvalue weighted by atomic mass is 16.5. The molecule has 4 heteroatoms. The third-order valence-electron chi connectivity index (χ3n) is 5.22. The van der Waals surface area contributed by atoms with E-state index in [9.17, 15) is 9.59 Å². The van der Waals surface area contributed by atoms with Crippen molar-refractivity contribution >= 4 is 11.9 Å². The maximum absolute atomic E-state index is 12.0. The molecule has 0 heterocycles. The molecule has 0 aliphatic carbocycles. The first-order valence-electron chi connectivity index (χ1n) is 12.2. The minimum Gasteiger partial charge on any atom is -0.481 e. The summed E-state index contributed by atoms with van der Waals surface area (Å²) in [7, 11) is 0. The summed E-state index contributed by atoms with van der Waals surface area (Å²) in [6, 6.07) is 0. The Hall–Kier alpha value is -1.32. The van der Waals surface area contributed by atoms with Crippen LogP contribution >= 0.6 is 0 Å². The minimum absolute atomic E-state index is 0.0743. The Balaban J connectivity index is 4.04. The first-order chi connectivity index (χ1) is 14.1. The van der Waals surface area contributed by atoms with Crippen LogP contribution in [0.3, 0.4) is 0 Å². The monoisotopic (exact) mass is 410 g/mol. The predicted molar refractivity (Wildman–Crippen MR) is 121 cm³/mol. The van der Waals surface area contributed by atoms with E-state index in [4.69, 9.17) is 9.84 Å². The van der Waals surface area contributed by atoms with E-state index in [0.717, 1.165) is 64.2 Å². The topological polar surface area (TPSA) is 63.6 Å². The molecule has 0 fully saturated rings. The molecule has 4 nitrogen and oxygen atoms in total. The van der Waals surface area contributed by atoms with Crippen molar-refractivity contribution in [1.29, 1.82) is 0 Å². The zero-order valence-electron chi connectivity index (χ0n) is 19.1. The van der Waals surface area contributed by atoms with Gasteiger partial charge in [0.25, 0.3) is 0 Å². The smallest absolute Gasteiger partial charge is 0.306 e. The number of aliphatic carboxylic acids is 1. The van der Waals surface area contributed by atoms with Gasteiger partial charge in [-0.15, -0.1) is 0 Å². The molecule has 29 heavy (non-hydrogen) atoms. The minimum atomic E-state index is -0.703. The summed E-state index contributed by atoms with van der Waals surface area (Å²) in [5.74, 6) is -0.778. The van der Waals surface area contributed by atoms with E-state index >= 15 is 0 Å². The molecule has 1 N–H and O–H groups in total. The van der Waals surface area contributed by atoms with Gasteiger partial charge in [-0.05, 0) is 44.6 Å². The first kappa shape index (κ1) is 27.7. The van der Waals surface area contributed by atoms with Gasteiger partial charge in [-0.1, -0.05) is 84.1 Å². The molecule has 0 bridgehead atoms. The van der Waals surface area contributed by atoms with Crippen molar-refractivity contribution < 1.29 is 19.4 Å². The second-order valence-corrected chi connectivity index (χ2v) is 8.17. The quantitative estimate of drug-likeness (QED) is 0.120. The molecule has 0 radical (unpaired) electrons. The van der Waals surface area contributed by atoms with Gasteiger partial charge in [0.05, 0.1) is 0 Å². The molecule has 0 aliphatic heterocycles. The summed E-state index contributed by atoms with van der Waals surface area (Å²) in [5, 5.41) is 8.65. The molecular formula is C25H46O4. The molecule has 0 amide bonds. The Morgan fingerprint density at radius 1 is 0.759 bits per heavy atom. The number of unbranched alkanes of at least 4 members (excludes halogenated alkanes) is 12. The van der Waals surface area contributed by atoms with Gasteiger partial charge in [-0.2, -0.15) is 0 Å². The van der Waals surface area contributed by atoms with Crippen LogP contribution in [-0.4, -0.2) is 23.1 Å². The van der Waals surface area contributed by atoms with Crippen LogP contribution in [0.5, 0.6) is 0 Å². The van der Waals surface area contributed by atoms with Crippen LogP contribution in [0.1, 0.15) is 129 Å². The van der Waals surface area contributed by atoms with Crippen LogP contribution in [0.2, 0.25) is 0 Å². The number of allylic oxidation sites excluding steroid dienone is 1. The zero-order valence-corrected chi connectivity index (χ0v) is 19.1. The number of carbonyl (C=O) groups is 2. The van der Waals surface area contributed by atoms with Crippen LogP contribution in [0.4, 0.5) is 0 Å². The second kappa shape index (κ2) is 21.4. The van der Waals surface area contributed by atoms with Crippen molar-refractivity contribution in [2.45, 2.75) is 136 Å². The van der Waals surface area contributed by atoms with Gasteiger partial charge in [-0.3, -0.25) is 9.59 Å². The van der Waals surface area contributed by atoms with E-state index in [-0.39, 0.29) is 18.5 Å². The van der Waals surface area contributed by atoms with Crippen molar-refractivity contribution in [3.8, 4) is 0 Å². The zero-order chi connectivity index (χ0) is 21.6. The lowest BCUT2D eigenvalue weighted by Gasteiger charge is -2.14. The normalized spacial score (nSPS) is 12.3. The SMILES string of the molecule is CCCCCCCC/C=C\C(CCCCCCCCC(=O)O)OC(=O)CCCC. The maximum Gasteiger partial charge on any atom is 0.306 e. The van der Waals surface area contributed by atoms with Crippen LogP contribution in [0.25, 0.3) is 0 Å². The lowest BCUT2D eigenvalue weighted by Crippen LogP contribution is -2.16. The van der Waals surface area contributed by atoms with Crippen LogP contribution in [0, 0.1) is 0 Å². The van der Waals surface area contributed by atoms with Gasteiger partial charge in [0.2, 0.25) is 0 Å². The fourth-order valence-electron chi connectivity index (χ4n) is 3.36. The lowest BCUT2D eigenvalue weighted by molar-refractivity contribution is -0.147. The molecule has 0 saturated heterocycles. The molecule has 0 saturated carbocycles. The average molecular weight is 411 g/mol.